The predicted molar refractivity (Wildman–Crippen MR) is 81.9 cm³/mol. The summed E-state index contributed by atoms with van der Waals surface area (Å²) in [6, 6.07) is 0. The molecule has 0 spiro atoms. The van der Waals surface area contributed by atoms with Gasteiger partial charge in [0.2, 0.25) is 0 Å². The highest BCUT2D eigenvalue weighted by Crippen LogP contribution is 2.34. The van der Waals surface area contributed by atoms with Crippen molar-refractivity contribution >= 4 is 22.8 Å². The molecule has 20 heavy (non-hydrogen) atoms. The number of halogens is 1. The largest absolute Gasteiger partial charge is 0.312 e. The quantitative estimate of drug-likeness (QED) is 0.809. The van der Waals surface area contributed by atoms with Crippen LogP contribution in [0.25, 0.3) is 11.2 Å². The first kappa shape index (κ1) is 13.9. The molecule has 4 nitrogen and oxygen atoms in total. The van der Waals surface area contributed by atoms with Crippen LogP contribution in [0, 0.1) is 11.8 Å². The highest BCUT2D eigenvalue weighted by molar-refractivity contribution is 6.16. The molecule has 2 heterocycles. The van der Waals surface area contributed by atoms with Gasteiger partial charge in [0.1, 0.15) is 11.3 Å². The molecule has 2 aromatic heterocycles. The van der Waals surface area contributed by atoms with E-state index in [0.29, 0.717) is 5.88 Å². The Kier molecular flexibility index (Phi) is 3.76. The van der Waals surface area contributed by atoms with Gasteiger partial charge in [0.15, 0.2) is 5.65 Å². The molecule has 1 aliphatic rings. The predicted octanol–water partition coefficient (Wildman–Crippen LogP) is 3.51. The number of fused-ring (bicyclic) bond motifs is 1. The standard InChI is InChI=1S/C15H23ClN4/c1-4-12-14-15(19(3)18-12)20(13(8-16)17-14)9-11-7-5-6-10(11)2/h10-11H,4-9H2,1-3H3. The van der Waals surface area contributed by atoms with Gasteiger partial charge in [-0.15, -0.1) is 11.6 Å². The van der Waals surface area contributed by atoms with E-state index in [1.54, 1.807) is 0 Å². The van der Waals surface area contributed by atoms with Gasteiger partial charge >= 0.3 is 0 Å². The number of aromatic nitrogens is 4. The SMILES string of the molecule is CCc1nn(C)c2c1nc(CCl)n2CC1CCCC1C. The molecule has 110 valence electrons. The molecular formula is C15H23ClN4. The molecule has 1 saturated carbocycles. The summed E-state index contributed by atoms with van der Waals surface area (Å²) in [5.41, 5.74) is 3.25. The molecule has 0 aromatic carbocycles. The van der Waals surface area contributed by atoms with Gasteiger partial charge in [0.05, 0.1) is 11.6 Å². The Balaban J connectivity index is 2.05. The lowest BCUT2D eigenvalue weighted by molar-refractivity contribution is 0.362. The van der Waals surface area contributed by atoms with Crippen LogP contribution in [-0.4, -0.2) is 19.3 Å². The molecule has 0 amide bonds. The minimum absolute atomic E-state index is 0.471. The maximum Gasteiger partial charge on any atom is 0.158 e. The van der Waals surface area contributed by atoms with Crippen molar-refractivity contribution in [3.8, 4) is 0 Å². The summed E-state index contributed by atoms with van der Waals surface area (Å²) in [4.78, 5) is 4.74. The minimum atomic E-state index is 0.471. The first-order chi connectivity index (χ1) is 9.65. The lowest BCUT2D eigenvalue weighted by Crippen LogP contribution is -2.16. The number of nitrogens with zero attached hydrogens (tertiary/aromatic N) is 4. The van der Waals surface area contributed by atoms with Crippen LogP contribution in [0.2, 0.25) is 0 Å². The fraction of sp³-hybridized carbons (Fsp3) is 0.733. The molecule has 0 bridgehead atoms. The van der Waals surface area contributed by atoms with Gasteiger partial charge < -0.3 is 4.57 Å². The van der Waals surface area contributed by atoms with Crippen molar-refractivity contribution in [1.82, 2.24) is 19.3 Å². The Morgan fingerprint density at radius 1 is 1.35 bits per heavy atom. The lowest BCUT2D eigenvalue weighted by Gasteiger charge is -2.18. The Morgan fingerprint density at radius 2 is 2.15 bits per heavy atom. The van der Waals surface area contributed by atoms with E-state index in [9.17, 15) is 0 Å². The molecule has 0 aliphatic heterocycles. The van der Waals surface area contributed by atoms with E-state index in [1.807, 2.05) is 11.7 Å². The second-order valence-corrected chi connectivity index (χ2v) is 6.30. The van der Waals surface area contributed by atoms with Crippen molar-refractivity contribution in [1.29, 1.82) is 0 Å². The molecule has 2 unspecified atom stereocenters. The number of hydrogen-bond acceptors (Lipinski definition) is 2. The highest BCUT2D eigenvalue weighted by atomic mass is 35.5. The molecule has 2 aromatic rings. The summed E-state index contributed by atoms with van der Waals surface area (Å²) < 4.78 is 4.28. The van der Waals surface area contributed by atoms with Crippen LogP contribution >= 0.6 is 11.6 Å². The molecule has 0 N–H and O–H groups in total. The summed E-state index contributed by atoms with van der Waals surface area (Å²) >= 11 is 6.12. The molecule has 3 rings (SSSR count). The van der Waals surface area contributed by atoms with Gasteiger partial charge in [0, 0.05) is 13.6 Å². The zero-order chi connectivity index (χ0) is 14.3. The molecule has 5 heteroatoms. The van der Waals surface area contributed by atoms with Crippen molar-refractivity contribution in [3.63, 3.8) is 0 Å². The van der Waals surface area contributed by atoms with Crippen LogP contribution in [0.4, 0.5) is 0 Å². The van der Waals surface area contributed by atoms with Crippen LogP contribution in [-0.2, 0) is 25.9 Å². The van der Waals surface area contributed by atoms with Gasteiger partial charge in [-0.3, -0.25) is 4.68 Å². The molecular weight excluding hydrogens is 272 g/mol. The molecule has 0 saturated heterocycles. The summed E-state index contributed by atoms with van der Waals surface area (Å²) in [5, 5.41) is 4.59. The fourth-order valence-corrected chi connectivity index (χ4v) is 3.75. The van der Waals surface area contributed by atoms with Crippen LogP contribution < -0.4 is 0 Å². The minimum Gasteiger partial charge on any atom is -0.312 e. The average molecular weight is 295 g/mol. The van der Waals surface area contributed by atoms with Crippen LogP contribution in [0.3, 0.4) is 0 Å². The number of rotatable bonds is 4. The topological polar surface area (TPSA) is 35.6 Å². The van der Waals surface area contributed by atoms with E-state index in [2.05, 4.69) is 23.5 Å². The summed E-state index contributed by atoms with van der Waals surface area (Å²) in [6.45, 7) is 5.52. The van der Waals surface area contributed by atoms with E-state index in [-0.39, 0.29) is 0 Å². The van der Waals surface area contributed by atoms with E-state index in [0.717, 1.165) is 47.5 Å². The van der Waals surface area contributed by atoms with Crippen molar-refractivity contribution in [2.75, 3.05) is 0 Å². The van der Waals surface area contributed by atoms with Crippen LogP contribution in [0.5, 0.6) is 0 Å². The summed E-state index contributed by atoms with van der Waals surface area (Å²) in [5.74, 6) is 3.01. The number of imidazole rings is 1. The van der Waals surface area contributed by atoms with Crippen LogP contribution in [0.15, 0.2) is 0 Å². The lowest BCUT2D eigenvalue weighted by atomic mass is 9.98. The monoisotopic (exact) mass is 294 g/mol. The van der Waals surface area contributed by atoms with Gasteiger partial charge in [-0.05, 0) is 24.7 Å². The Morgan fingerprint density at radius 3 is 2.75 bits per heavy atom. The van der Waals surface area contributed by atoms with Crippen molar-refractivity contribution in [2.24, 2.45) is 18.9 Å². The van der Waals surface area contributed by atoms with E-state index >= 15 is 0 Å². The first-order valence-electron chi connectivity index (χ1n) is 7.62. The highest BCUT2D eigenvalue weighted by Gasteiger charge is 2.26. The zero-order valence-corrected chi connectivity index (χ0v) is 13.3. The molecule has 1 aliphatic carbocycles. The number of hydrogen-bond donors (Lipinski definition) is 0. The summed E-state index contributed by atoms with van der Waals surface area (Å²) in [7, 11) is 2.01. The van der Waals surface area contributed by atoms with Gasteiger partial charge in [-0.1, -0.05) is 26.7 Å². The summed E-state index contributed by atoms with van der Waals surface area (Å²) in [6.07, 6.45) is 4.94. The Labute approximate surface area is 125 Å². The van der Waals surface area contributed by atoms with Gasteiger partial charge in [-0.25, -0.2) is 4.98 Å². The third kappa shape index (κ3) is 2.14. The maximum absolute atomic E-state index is 6.12. The van der Waals surface area contributed by atoms with E-state index in [4.69, 9.17) is 16.6 Å². The number of alkyl halides is 1. The zero-order valence-electron chi connectivity index (χ0n) is 12.6. The van der Waals surface area contributed by atoms with Crippen molar-refractivity contribution in [2.45, 2.75) is 52.0 Å². The Bertz CT molecular complexity index is 613. The van der Waals surface area contributed by atoms with Crippen molar-refractivity contribution < 1.29 is 0 Å². The molecule has 2 atom stereocenters. The van der Waals surface area contributed by atoms with E-state index < -0.39 is 0 Å². The normalized spacial score (nSPS) is 23.0. The third-order valence-electron chi connectivity index (χ3n) is 4.78. The molecule has 1 fully saturated rings. The van der Waals surface area contributed by atoms with Crippen molar-refractivity contribution in [3.05, 3.63) is 11.5 Å². The van der Waals surface area contributed by atoms with Gasteiger partial charge in [-0.2, -0.15) is 5.10 Å². The van der Waals surface area contributed by atoms with Crippen LogP contribution in [0.1, 0.15) is 44.6 Å². The Hall–Kier alpha value is -1.03. The smallest absolute Gasteiger partial charge is 0.158 e. The first-order valence-corrected chi connectivity index (χ1v) is 8.16. The molecule has 0 radical (unpaired) electrons. The number of aryl methyl sites for hydroxylation is 2. The second-order valence-electron chi connectivity index (χ2n) is 6.04. The van der Waals surface area contributed by atoms with Gasteiger partial charge in [0.25, 0.3) is 0 Å². The third-order valence-corrected chi connectivity index (χ3v) is 5.02. The average Bonchev–Trinajstić information content (AvgIpc) is 3.08. The maximum atomic E-state index is 6.12. The van der Waals surface area contributed by atoms with E-state index in [1.165, 1.54) is 19.3 Å². The second kappa shape index (κ2) is 5.40. The fourth-order valence-electron chi connectivity index (χ4n) is 3.55.